The molecule has 0 aromatic heterocycles. The second kappa shape index (κ2) is 10.6. The van der Waals surface area contributed by atoms with Gasteiger partial charge in [-0.25, -0.2) is 0 Å². The molecule has 210 valence electrons. The third kappa shape index (κ3) is 4.35. The van der Waals surface area contributed by atoms with Crippen molar-refractivity contribution in [3.63, 3.8) is 0 Å². The summed E-state index contributed by atoms with van der Waals surface area (Å²) in [4.78, 5) is 0. The monoisotopic (exact) mass is 566 g/mol. The van der Waals surface area contributed by atoms with E-state index in [1.54, 1.807) is 14.2 Å². The van der Waals surface area contributed by atoms with Crippen LogP contribution in [0.5, 0.6) is 11.5 Å². The molecule has 0 unspecified atom stereocenters. The van der Waals surface area contributed by atoms with Crippen LogP contribution in [-0.2, 0) is 0 Å². The lowest BCUT2D eigenvalue weighted by Crippen LogP contribution is -1.90. The van der Waals surface area contributed by atoms with Gasteiger partial charge in [0.05, 0.1) is 14.2 Å². The van der Waals surface area contributed by atoms with Crippen LogP contribution in [0.1, 0.15) is 0 Å². The zero-order valence-corrected chi connectivity index (χ0v) is 24.7. The van der Waals surface area contributed by atoms with Crippen molar-refractivity contribution in [1.29, 1.82) is 0 Å². The van der Waals surface area contributed by atoms with Gasteiger partial charge < -0.3 is 9.47 Å². The molecule has 2 heteroatoms. The summed E-state index contributed by atoms with van der Waals surface area (Å²) in [5, 5.41) is 9.73. The van der Waals surface area contributed by atoms with Crippen LogP contribution in [0.15, 0.2) is 146 Å². The minimum Gasteiger partial charge on any atom is -0.497 e. The number of rotatable bonds is 5. The minimum atomic E-state index is 0.875. The average molecular weight is 567 g/mol. The molecule has 0 amide bonds. The molecular weight excluding hydrogens is 536 g/mol. The quantitative estimate of drug-likeness (QED) is 0.206. The molecule has 2 nitrogen and oxygen atoms in total. The Morgan fingerprint density at radius 2 is 0.659 bits per heavy atom. The van der Waals surface area contributed by atoms with Gasteiger partial charge in [-0.2, -0.15) is 0 Å². The van der Waals surface area contributed by atoms with Crippen molar-refractivity contribution in [2.45, 2.75) is 0 Å². The Labute approximate surface area is 256 Å². The van der Waals surface area contributed by atoms with E-state index in [1.165, 1.54) is 76.5 Å². The summed E-state index contributed by atoms with van der Waals surface area (Å²) >= 11 is 0. The fourth-order valence-corrected chi connectivity index (χ4v) is 6.61. The summed E-state index contributed by atoms with van der Waals surface area (Å²) in [5.41, 5.74) is 7.36. The highest BCUT2D eigenvalue weighted by molar-refractivity contribution is 6.12. The Morgan fingerprint density at radius 1 is 0.318 bits per heavy atom. The van der Waals surface area contributed by atoms with Crippen molar-refractivity contribution < 1.29 is 9.47 Å². The number of ether oxygens (including phenoxy) is 2. The van der Waals surface area contributed by atoms with Gasteiger partial charge in [-0.05, 0) is 113 Å². The van der Waals surface area contributed by atoms with Gasteiger partial charge >= 0.3 is 0 Å². The number of methoxy groups -OCH3 is 2. The SMILES string of the molecule is COc1ccc2cc(-c3ccc(-c4ccc(-c5ccc6cc(OC)ccc6c5)c5ccccc45)c4ccccc34)ccc2c1. The van der Waals surface area contributed by atoms with Gasteiger partial charge in [0.25, 0.3) is 0 Å². The molecule has 0 aliphatic rings. The summed E-state index contributed by atoms with van der Waals surface area (Å²) in [7, 11) is 3.42. The van der Waals surface area contributed by atoms with Gasteiger partial charge in [-0.1, -0.05) is 109 Å². The number of hydrogen-bond acceptors (Lipinski definition) is 2. The third-order valence-corrected chi connectivity index (χ3v) is 8.86. The molecule has 44 heavy (non-hydrogen) atoms. The Morgan fingerprint density at radius 3 is 1.07 bits per heavy atom. The van der Waals surface area contributed by atoms with Crippen molar-refractivity contribution in [3.05, 3.63) is 146 Å². The fraction of sp³-hybridized carbons (Fsp3) is 0.0476. The van der Waals surface area contributed by atoms with E-state index in [-0.39, 0.29) is 0 Å². The average Bonchev–Trinajstić information content (AvgIpc) is 3.10. The van der Waals surface area contributed by atoms with Crippen molar-refractivity contribution >= 4 is 43.1 Å². The van der Waals surface area contributed by atoms with Crippen LogP contribution < -0.4 is 9.47 Å². The number of fused-ring (bicyclic) bond motifs is 4. The maximum atomic E-state index is 5.43. The summed E-state index contributed by atoms with van der Waals surface area (Å²) in [6.07, 6.45) is 0. The van der Waals surface area contributed by atoms with E-state index in [4.69, 9.17) is 9.47 Å². The van der Waals surface area contributed by atoms with Crippen LogP contribution >= 0.6 is 0 Å². The summed E-state index contributed by atoms with van der Waals surface area (Å²) < 4.78 is 10.9. The maximum absolute atomic E-state index is 5.43. The van der Waals surface area contributed by atoms with Gasteiger partial charge in [0.15, 0.2) is 0 Å². The Hall–Kier alpha value is -5.60. The second-order valence-corrected chi connectivity index (χ2v) is 11.3. The zero-order valence-electron chi connectivity index (χ0n) is 24.7. The Bertz CT molecular complexity index is 2200. The highest BCUT2D eigenvalue weighted by Gasteiger charge is 2.14. The van der Waals surface area contributed by atoms with Crippen molar-refractivity contribution in [1.82, 2.24) is 0 Å². The maximum Gasteiger partial charge on any atom is 0.119 e. The molecule has 0 aliphatic carbocycles. The first-order valence-corrected chi connectivity index (χ1v) is 14.9. The second-order valence-electron chi connectivity index (χ2n) is 11.3. The first kappa shape index (κ1) is 26.1. The van der Waals surface area contributed by atoms with Crippen LogP contribution in [0.3, 0.4) is 0 Å². The highest BCUT2D eigenvalue weighted by Crippen LogP contribution is 2.41. The van der Waals surface area contributed by atoms with Gasteiger partial charge in [0.2, 0.25) is 0 Å². The fourth-order valence-electron chi connectivity index (χ4n) is 6.61. The molecule has 8 aromatic rings. The van der Waals surface area contributed by atoms with E-state index in [0.717, 1.165) is 11.5 Å². The predicted octanol–water partition coefficient (Wildman–Crippen LogP) is 11.3. The molecule has 0 bridgehead atoms. The summed E-state index contributed by atoms with van der Waals surface area (Å²) in [6, 6.07) is 52.5. The van der Waals surface area contributed by atoms with Crippen LogP contribution in [0.2, 0.25) is 0 Å². The van der Waals surface area contributed by atoms with Gasteiger partial charge in [0.1, 0.15) is 11.5 Å². The van der Waals surface area contributed by atoms with Gasteiger partial charge in [-0.3, -0.25) is 0 Å². The molecule has 8 aromatic carbocycles. The van der Waals surface area contributed by atoms with E-state index >= 15 is 0 Å². The molecule has 0 N–H and O–H groups in total. The molecule has 0 fully saturated rings. The lowest BCUT2D eigenvalue weighted by molar-refractivity contribution is 0.415. The smallest absolute Gasteiger partial charge is 0.119 e. The Kier molecular flexibility index (Phi) is 6.27. The minimum absolute atomic E-state index is 0.875. The van der Waals surface area contributed by atoms with Crippen LogP contribution in [0.4, 0.5) is 0 Å². The highest BCUT2D eigenvalue weighted by atomic mass is 16.5. The van der Waals surface area contributed by atoms with Gasteiger partial charge in [-0.15, -0.1) is 0 Å². The summed E-state index contributed by atoms with van der Waals surface area (Å²) in [5.74, 6) is 1.75. The molecule has 0 aliphatic heterocycles. The summed E-state index contributed by atoms with van der Waals surface area (Å²) in [6.45, 7) is 0. The predicted molar refractivity (Wildman–Crippen MR) is 186 cm³/mol. The molecule has 8 rings (SSSR count). The van der Waals surface area contributed by atoms with Gasteiger partial charge in [0, 0.05) is 0 Å². The topological polar surface area (TPSA) is 18.5 Å². The molecule has 0 heterocycles. The van der Waals surface area contributed by atoms with Crippen molar-refractivity contribution in [3.8, 4) is 44.9 Å². The number of hydrogen-bond donors (Lipinski definition) is 0. The zero-order chi connectivity index (χ0) is 29.6. The van der Waals surface area contributed by atoms with Crippen LogP contribution in [0, 0.1) is 0 Å². The molecule has 0 saturated heterocycles. The molecule has 0 atom stereocenters. The number of benzene rings is 8. The molecule has 0 saturated carbocycles. The lowest BCUT2D eigenvalue weighted by Gasteiger charge is -2.16. The molecule has 0 radical (unpaired) electrons. The van der Waals surface area contributed by atoms with E-state index in [9.17, 15) is 0 Å². The van der Waals surface area contributed by atoms with Crippen molar-refractivity contribution in [2.75, 3.05) is 14.2 Å². The largest absolute Gasteiger partial charge is 0.497 e. The lowest BCUT2D eigenvalue weighted by atomic mass is 9.87. The van der Waals surface area contributed by atoms with Crippen LogP contribution in [0.25, 0.3) is 76.5 Å². The van der Waals surface area contributed by atoms with E-state index in [2.05, 4.69) is 133 Å². The molecule has 0 spiro atoms. The Balaban J connectivity index is 1.27. The van der Waals surface area contributed by atoms with Crippen LogP contribution in [-0.4, -0.2) is 14.2 Å². The third-order valence-electron chi connectivity index (χ3n) is 8.86. The van der Waals surface area contributed by atoms with E-state index < -0.39 is 0 Å². The van der Waals surface area contributed by atoms with E-state index in [1.807, 2.05) is 12.1 Å². The standard InChI is InChI=1S/C42H30O2/c1-43-33-17-15-27-23-31(13-11-29(27)25-33)35-19-21-41(39-9-5-3-7-37(35)39)42-22-20-36(38-8-4-6-10-40(38)42)32-14-12-30-26-34(44-2)18-16-28(30)24-32/h3-26H,1-2H3. The first-order chi connectivity index (χ1) is 21.7. The van der Waals surface area contributed by atoms with E-state index in [0.29, 0.717) is 0 Å². The molecular formula is C42H30O2. The first-order valence-electron chi connectivity index (χ1n) is 14.9. The van der Waals surface area contributed by atoms with Crippen molar-refractivity contribution in [2.24, 2.45) is 0 Å². The normalized spacial score (nSPS) is 11.4.